The number of unbranched alkanes of at least 4 members (excludes halogenated alkanes) is 2. The number of guanidine groups is 1. The number of aliphatic imine (C=N–C) groups is 1. The first-order valence-electron chi connectivity index (χ1n) is 23.2. The number of hydrogen-bond donors (Lipinski definition) is 12. The van der Waals surface area contributed by atoms with Gasteiger partial charge in [-0.1, -0.05) is 33.6 Å². The van der Waals surface area contributed by atoms with Crippen LogP contribution >= 0.6 is 0 Å². The van der Waals surface area contributed by atoms with Gasteiger partial charge in [0.05, 0.1) is 39.8 Å². The van der Waals surface area contributed by atoms with Crippen LogP contribution in [0.2, 0.25) is 0 Å². The zero-order valence-corrected chi connectivity index (χ0v) is 42.1. The van der Waals surface area contributed by atoms with Crippen LogP contribution < -0.4 is 59.3 Å². The first-order chi connectivity index (χ1) is 31.5. The van der Waals surface area contributed by atoms with E-state index in [9.17, 15) is 53.1 Å². The summed E-state index contributed by atoms with van der Waals surface area (Å²) < 4.78 is 0.659. The Kier molecular flexibility index (Phi) is 28.5. The quantitative estimate of drug-likeness (QED) is 0.0104. The second-order valence-corrected chi connectivity index (χ2v) is 18.6. The highest BCUT2D eigenvalue weighted by atomic mass is 16.3. The number of rotatable bonds is 32. The zero-order valence-electron chi connectivity index (χ0n) is 42.1. The number of carbonyl (C=O) groups excluding carboxylic acids is 10. The maximum Gasteiger partial charge on any atom is 0.245 e. The smallest absolute Gasteiger partial charge is 0.245 e. The maximum atomic E-state index is 14.0. The van der Waals surface area contributed by atoms with Crippen molar-refractivity contribution in [1.82, 2.24) is 47.9 Å². The van der Waals surface area contributed by atoms with Crippen LogP contribution in [-0.2, 0) is 47.9 Å². The van der Waals surface area contributed by atoms with Gasteiger partial charge in [0, 0.05) is 13.5 Å². The molecule has 0 bridgehead atoms. The molecule has 0 fully saturated rings. The van der Waals surface area contributed by atoms with E-state index in [4.69, 9.17) is 11.5 Å². The minimum Gasteiger partial charge on any atom is -0.391 e. The Labute approximate surface area is 400 Å². The molecule has 0 unspecified atom stereocenters. The number of quaternary nitrogens is 1. The summed E-state index contributed by atoms with van der Waals surface area (Å²) in [6.45, 7) is 14.2. The SMILES string of the molecule is CCCC[C@H](NC(=O)[C@@H](NC(=O)[C@H](C)NC(C)=O)[C@@H](C)O)C(=O)N[C@H](C(=O)N[C@@H](C)C(=O)N[C@@H](CCCN=C(N)N)C(=O)N[C@@H](CCCC[N+](C)(C)C)C(=O)N[C@@H](C)C(=O)N[C@@H](C)C=O)C(C)C. The Bertz CT molecular complexity index is 1730. The predicted molar refractivity (Wildman–Crippen MR) is 255 cm³/mol. The first-order valence-corrected chi connectivity index (χ1v) is 23.2. The molecule has 0 saturated carbocycles. The van der Waals surface area contributed by atoms with Crippen molar-refractivity contribution in [2.24, 2.45) is 22.4 Å². The van der Waals surface area contributed by atoms with Gasteiger partial charge in [-0.25, -0.2) is 0 Å². The molecule has 0 aromatic heterocycles. The standard InChI is InChI=1S/C44H81N13O11/c1-13-14-18-31(54-43(68)35(29(8)59)56-38(63)26(5)49-30(9)60)41(66)55-34(24(2)3)42(67)51-28(7)37(62)52-33(20-17-21-47-44(45)46)40(65)53-32(19-15-16-22-57(10,11)12)39(64)50-27(6)36(61)48-25(4)23-58/h23-29,31-35,59H,13-22H2,1-12H3,(H12-,45,46,47,48,49,50,51,52,53,54,55,56,60,61,62,63,64,65,66,67,68)/p+1/t25-,26-,27-,28-,29+,31-,32-,33-,34-,35-/m0/s1. The van der Waals surface area contributed by atoms with E-state index in [1.807, 2.05) is 28.1 Å². The predicted octanol–water partition coefficient (Wildman–Crippen LogP) is -3.19. The van der Waals surface area contributed by atoms with E-state index in [1.165, 1.54) is 41.5 Å². The molecule has 24 heteroatoms. The number of carbonyl (C=O) groups is 10. The fourth-order valence-electron chi connectivity index (χ4n) is 6.46. The van der Waals surface area contributed by atoms with Crippen molar-refractivity contribution in [3.8, 4) is 0 Å². The lowest BCUT2D eigenvalue weighted by Crippen LogP contribution is -2.61. The van der Waals surface area contributed by atoms with E-state index in [-0.39, 0.29) is 38.2 Å². The summed E-state index contributed by atoms with van der Waals surface area (Å²) in [4.78, 5) is 134. The topological polar surface area (TPSA) is 364 Å². The summed E-state index contributed by atoms with van der Waals surface area (Å²) in [7, 11) is 6.04. The van der Waals surface area contributed by atoms with Gasteiger partial charge in [0.1, 0.15) is 54.6 Å². The van der Waals surface area contributed by atoms with Crippen molar-refractivity contribution in [2.75, 3.05) is 34.2 Å². The number of aliphatic hydroxyl groups excluding tert-OH is 1. The molecule has 0 aliphatic carbocycles. The molecule has 0 aromatic carbocycles. The Morgan fingerprint density at radius 3 is 1.44 bits per heavy atom. The van der Waals surface area contributed by atoms with Gasteiger partial charge >= 0.3 is 0 Å². The Morgan fingerprint density at radius 2 is 0.956 bits per heavy atom. The van der Waals surface area contributed by atoms with Crippen LogP contribution in [0, 0.1) is 5.92 Å². The second-order valence-electron chi connectivity index (χ2n) is 18.6. The fourth-order valence-corrected chi connectivity index (χ4v) is 6.46. The van der Waals surface area contributed by atoms with Gasteiger partial charge in [-0.05, 0) is 79.1 Å². The maximum absolute atomic E-state index is 14.0. The molecule has 24 nitrogen and oxygen atoms in total. The molecule has 388 valence electrons. The molecule has 0 spiro atoms. The molecule has 0 rings (SSSR count). The van der Waals surface area contributed by atoms with Crippen molar-refractivity contribution < 1.29 is 57.5 Å². The molecule has 68 heavy (non-hydrogen) atoms. The van der Waals surface area contributed by atoms with Gasteiger partial charge in [-0.3, -0.25) is 48.1 Å². The van der Waals surface area contributed by atoms with Gasteiger partial charge in [-0.15, -0.1) is 0 Å². The van der Waals surface area contributed by atoms with Gasteiger partial charge in [0.25, 0.3) is 0 Å². The van der Waals surface area contributed by atoms with Crippen LogP contribution in [0.3, 0.4) is 0 Å². The highest BCUT2D eigenvalue weighted by molar-refractivity contribution is 5.98. The summed E-state index contributed by atoms with van der Waals surface area (Å²) >= 11 is 0. The number of nitrogens with one attached hydrogen (secondary N) is 9. The van der Waals surface area contributed by atoms with E-state index in [1.54, 1.807) is 13.8 Å². The van der Waals surface area contributed by atoms with Gasteiger partial charge in [0.2, 0.25) is 53.2 Å². The van der Waals surface area contributed by atoms with E-state index in [0.29, 0.717) is 36.5 Å². The Balaban J connectivity index is 6.34. The van der Waals surface area contributed by atoms with Crippen molar-refractivity contribution in [1.29, 1.82) is 0 Å². The average molecular weight is 969 g/mol. The summed E-state index contributed by atoms with van der Waals surface area (Å²) in [6.07, 6.45) is 1.96. The van der Waals surface area contributed by atoms with Crippen molar-refractivity contribution in [3.63, 3.8) is 0 Å². The minimum atomic E-state index is -1.50. The third kappa shape index (κ3) is 25.3. The van der Waals surface area contributed by atoms with Gasteiger partial charge in [0.15, 0.2) is 5.96 Å². The summed E-state index contributed by atoms with van der Waals surface area (Å²) in [5.74, 6) is -7.20. The normalized spacial score (nSPS) is 15.7. The fraction of sp³-hybridized carbons (Fsp3) is 0.750. The number of aldehydes is 1. The molecule has 0 aliphatic heterocycles. The Morgan fingerprint density at radius 1 is 0.544 bits per heavy atom. The molecule has 0 aliphatic rings. The largest absolute Gasteiger partial charge is 0.391 e. The summed E-state index contributed by atoms with van der Waals surface area (Å²) in [6, 6.07) is -10.5. The molecule has 9 amide bonds. The van der Waals surface area contributed by atoms with E-state index >= 15 is 0 Å². The molecule has 0 heterocycles. The molecule has 0 aromatic rings. The van der Waals surface area contributed by atoms with Crippen LogP contribution in [0.25, 0.3) is 0 Å². The Hall–Kier alpha value is -5.91. The van der Waals surface area contributed by atoms with E-state index in [0.717, 1.165) is 6.54 Å². The lowest BCUT2D eigenvalue weighted by atomic mass is 10.0. The van der Waals surface area contributed by atoms with Gasteiger partial charge < -0.3 is 73.7 Å². The number of aliphatic hydroxyl groups is 1. The zero-order chi connectivity index (χ0) is 52.5. The molecule has 0 saturated heterocycles. The first kappa shape index (κ1) is 62.1. The molecule has 14 N–H and O–H groups in total. The van der Waals surface area contributed by atoms with Gasteiger partial charge in [-0.2, -0.15) is 0 Å². The van der Waals surface area contributed by atoms with Crippen molar-refractivity contribution in [2.45, 2.75) is 174 Å². The minimum absolute atomic E-state index is 0.00325. The van der Waals surface area contributed by atoms with E-state index < -0.39 is 120 Å². The van der Waals surface area contributed by atoms with Crippen LogP contribution in [0.1, 0.15) is 114 Å². The molecular weight excluding hydrogens is 887 g/mol. The second kappa shape index (κ2) is 31.2. The van der Waals surface area contributed by atoms with Crippen molar-refractivity contribution >= 4 is 65.4 Å². The number of nitrogens with zero attached hydrogens (tertiary/aromatic N) is 2. The summed E-state index contributed by atoms with van der Waals surface area (Å²) in [5.41, 5.74) is 11.0. The average Bonchev–Trinajstić information content (AvgIpc) is 3.23. The monoisotopic (exact) mass is 969 g/mol. The van der Waals surface area contributed by atoms with Crippen LogP contribution in [-0.4, -0.2) is 170 Å². The lowest BCUT2D eigenvalue weighted by Gasteiger charge is -2.29. The summed E-state index contributed by atoms with van der Waals surface area (Å²) in [5, 5.41) is 33.3. The third-order valence-electron chi connectivity index (χ3n) is 10.5. The third-order valence-corrected chi connectivity index (χ3v) is 10.5. The molecule has 10 atom stereocenters. The molecular formula is C44H82N13O11+. The highest BCUT2D eigenvalue weighted by Gasteiger charge is 2.35. The number of nitrogens with two attached hydrogens (primary N) is 2. The van der Waals surface area contributed by atoms with Crippen molar-refractivity contribution in [3.05, 3.63) is 0 Å². The number of amides is 9. The van der Waals surface area contributed by atoms with Crippen LogP contribution in [0.15, 0.2) is 4.99 Å². The number of hydrogen-bond acceptors (Lipinski definition) is 12. The lowest BCUT2D eigenvalue weighted by molar-refractivity contribution is -0.870. The molecule has 0 radical (unpaired) electrons. The van der Waals surface area contributed by atoms with E-state index in [2.05, 4.69) is 52.8 Å². The van der Waals surface area contributed by atoms with Crippen LogP contribution in [0.5, 0.6) is 0 Å². The van der Waals surface area contributed by atoms with Crippen LogP contribution in [0.4, 0.5) is 0 Å². The highest BCUT2D eigenvalue weighted by Crippen LogP contribution is 2.10.